The summed E-state index contributed by atoms with van der Waals surface area (Å²) < 4.78 is 27.0. The molecule has 5 nitrogen and oxygen atoms in total. The normalized spacial score (nSPS) is 11.7. The molecule has 0 aliphatic carbocycles. The van der Waals surface area contributed by atoms with Gasteiger partial charge in [-0.2, -0.15) is 0 Å². The van der Waals surface area contributed by atoms with Crippen molar-refractivity contribution in [3.05, 3.63) is 38.4 Å². The van der Waals surface area contributed by atoms with E-state index in [0.29, 0.717) is 10.8 Å². The van der Waals surface area contributed by atoms with E-state index in [1.807, 2.05) is 6.07 Å². The summed E-state index contributed by atoms with van der Waals surface area (Å²) in [5, 5.41) is 8.78. The molecular weight excluding hydrogens is 342 g/mol. The zero-order valence-electron chi connectivity index (χ0n) is 10.00. The monoisotopic (exact) mass is 351 g/mol. The summed E-state index contributed by atoms with van der Waals surface area (Å²) >= 11 is 7.91. The highest BCUT2D eigenvalue weighted by Gasteiger charge is 2.18. The van der Waals surface area contributed by atoms with E-state index in [4.69, 9.17) is 16.7 Å². The number of sulfonamides is 1. The number of rotatable bonds is 6. The van der Waals surface area contributed by atoms with Gasteiger partial charge in [0.15, 0.2) is 0 Å². The van der Waals surface area contributed by atoms with Crippen molar-refractivity contribution in [3.63, 3.8) is 0 Å². The van der Waals surface area contributed by atoms with Crippen LogP contribution in [0.25, 0.3) is 0 Å². The number of hydrogen-bond donors (Lipinski definition) is 2. The third-order valence-electron chi connectivity index (χ3n) is 2.35. The molecule has 0 amide bonds. The molecule has 2 aromatic heterocycles. The van der Waals surface area contributed by atoms with Crippen molar-refractivity contribution in [2.75, 3.05) is 6.54 Å². The Hall–Kier alpha value is -0.930. The molecule has 2 rings (SSSR count). The van der Waals surface area contributed by atoms with Crippen molar-refractivity contribution in [2.45, 2.75) is 10.6 Å². The number of halogens is 1. The molecule has 0 fully saturated rings. The number of hydrogen-bond acceptors (Lipinski definition) is 5. The van der Waals surface area contributed by atoms with Crippen LogP contribution < -0.4 is 4.72 Å². The number of carboxylic acid groups (broad SMARTS) is 1. The maximum atomic E-state index is 11.9. The second-order valence-corrected chi connectivity index (χ2v) is 8.65. The number of carbonyl (C=O) groups is 1. The van der Waals surface area contributed by atoms with Crippen molar-refractivity contribution in [1.82, 2.24) is 4.72 Å². The average Bonchev–Trinajstić information content (AvgIpc) is 2.98. The van der Waals surface area contributed by atoms with Crippen LogP contribution in [0.5, 0.6) is 0 Å². The Labute approximate surface area is 128 Å². The molecule has 0 atom stereocenters. The maximum Gasteiger partial charge on any atom is 0.345 e. The topological polar surface area (TPSA) is 83.5 Å². The predicted molar refractivity (Wildman–Crippen MR) is 79.5 cm³/mol. The molecule has 0 bridgehead atoms. The molecule has 0 radical (unpaired) electrons. The van der Waals surface area contributed by atoms with Gasteiger partial charge in [0.2, 0.25) is 10.0 Å². The van der Waals surface area contributed by atoms with Gasteiger partial charge in [0.05, 0.1) is 4.34 Å². The summed E-state index contributed by atoms with van der Waals surface area (Å²) in [6.45, 7) is 0.236. The van der Waals surface area contributed by atoms with E-state index in [1.54, 1.807) is 6.07 Å². The van der Waals surface area contributed by atoms with Gasteiger partial charge in [-0.25, -0.2) is 17.9 Å². The van der Waals surface area contributed by atoms with Gasteiger partial charge in [0.1, 0.15) is 9.09 Å². The van der Waals surface area contributed by atoms with Crippen LogP contribution in [0.3, 0.4) is 0 Å². The quantitative estimate of drug-likeness (QED) is 0.838. The molecule has 0 saturated carbocycles. The zero-order valence-corrected chi connectivity index (χ0v) is 13.2. The lowest BCUT2D eigenvalue weighted by atomic mass is 10.3. The molecule has 0 saturated heterocycles. The molecule has 2 aromatic rings. The number of aromatic carboxylic acids is 1. The summed E-state index contributed by atoms with van der Waals surface area (Å²) in [5.41, 5.74) is 0. The van der Waals surface area contributed by atoms with Gasteiger partial charge < -0.3 is 5.11 Å². The maximum absolute atomic E-state index is 11.9. The van der Waals surface area contributed by atoms with Crippen LogP contribution in [0.4, 0.5) is 0 Å². The third-order valence-corrected chi connectivity index (χ3v) is 6.67. The van der Waals surface area contributed by atoms with Crippen molar-refractivity contribution in [1.29, 1.82) is 0 Å². The Bertz CT molecular complexity index is 720. The van der Waals surface area contributed by atoms with Crippen molar-refractivity contribution < 1.29 is 18.3 Å². The minimum Gasteiger partial charge on any atom is -0.477 e. The van der Waals surface area contributed by atoms with Gasteiger partial charge in [-0.1, -0.05) is 11.6 Å². The van der Waals surface area contributed by atoms with E-state index in [1.165, 1.54) is 23.5 Å². The Kier molecular flexibility index (Phi) is 4.82. The summed E-state index contributed by atoms with van der Waals surface area (Å²) in [4.78, 5) is 11.7. The first kappa shape index (κ1) is 15.5. The largest absolute Gasteiger partial charge is 0.477 e. The molecule has 0 aromatic carbocycles. The minimum atomic E-state index is -3.66. The SMILES string of the molecule is O=C(O)c1ccc(S(=O)(=O)NCCc2ccc(Cl)s2)s1. The standard InChI is InChI=1S/C11H10ClNO4S3/c12-9-3-1-7(18-9)5-6-13-20(16,17)10-4-2-8(19-10)11(14)15/h1-4,13H,5-6H2,(H,14,15). The predicted octanol–water partition coefficient (Wildman–Crippen LogP) is 2.68. The van der Waals surface area contributed by atoms with Crippen molar-refractivity contribution in [3.8, 4) is 0 Å². The Morgan fingerprint density at radius 2 is 2.00 bits per heavy atom. The fourth-order valence-corrected chi connectivity index (χ4v) is 4.75. The Balaban J connectivity index is 1.98. The van der Waals surface area contributed by atoms with Gasteiger partial charge in [-0.15, -0.1) is 22.7 Å². The molecule has 0 aliphatic heterocycles. The smallest absolute Gasteiger partial charge is 0.345 e. The van der Waals surface area contributed by atoms with Crippen LogP contribution in [0, 0.1) is 0 Å². The third kappa shape index (κ3) is 3.80. The van der Waals surface area contributed by atoms with Gasteiger partial charge in [0, 0.05) is 11.4 Å². The Morgan fingerprint density at radius 3 is 2.55 bits per heavy atom. The van der Waals surface area contributed by atoms with Gasteiger partial charge in [0.25, 0.3) is 0 Å². The molecule has 9 heteroatoms. The average molecular weight is 352 g/mol. The van der Waals surface area contributed by atoms with Gasteiger partial charge in [-0.05, 0) is 30.7 Å². The second kappa shape index (κ2) is 6.23. The first-order valence-corrected chi connectivity index (χ1v) is 8.95. The summed E-state index contributed by atoms with van der Waals surface area (Å²) in [6, 6.07) is 6.17. The van der Waals surface area contributed by atoms with E-state index < -0.39 is 16.0 Å². The minimum absolute atomic E-state index is 0.000822. The van der Waals surface area contributed by atoms with Crippen LogP contribution in [0.1, 0.15) is 14.5 Å². The van der Waals surface area contributed by atoms with Crippen LogP contribution in [-0.2, 0) is 16.4 Å². The molecule has 0 spiro atoms. The summed E-state index contributed by atoms with van der Waals surface area (Å²) in [6.07, 6.45) is 0.535. The number of carboxylic acids is 1. The fourth-order valence-electron chi connectivity index (χ4n) is 1.45. The first-order chi connectivity index (χ1) is 9.38. The van der Waals surface area contributed by atoms with Crippen LogP contribution in [0.15, 0.2) is 28.5 Å². The zero-order chi connectivity index (χ0) is 14.8. The lowest BCUT2D eigenvalue weighted by Crippen LogP contribution is -2.25. The highest BCUT2D eigenvalue weighted by Crippen LogP contribution is 2.23. The van der Waals surface area contributed by atoms with E-state index in [2.05, 4.69) is 4.72 Å². The number of thiophene rings is 2. The molecule has 108 valence electrons. The van der Waals surface area contributed by atoms with Crippen LogP contribution in [0.2, 0.25) is 4.34 Å². The molecular formula is C11H10ClNO4S3. The Morgan fingerprint density at radius 1 is 1.25 bits per heavy atom. The van der Waals surface area contributed by atoms with E-state index in [0.717, 1.165) is 16.2 Å². The molecule has 0 aliphatic rings. The van der Waals surface area contributed by atoms with Crippen molar-refractivity contribution in [2.24, 2.45) is 0 Å². The van der Waals surface area contributed by atoms with E-state index in [9.17, 15) is 13.2 Å². The fraction of sp³-hybridized carbons (Fsp3) is 0.182. The van der Waals surface area contributed by atoms with Crippen LogP contribution >= 0.6 is 34.3 Å². The van der Waals surface area contributed by atoms with E-state index >= 15 is 0 Å². The van der Waals surface area contributed by atoms with Crippen molar-refractivity contribution >= 4 is 50.3 Å². The summed E-state index contributed by atoms with van der Waals surface area (Å²) in [7, 11) is -3.66. The summed E-state index contributed by atoms with van der Waals surface area (Å²) in [5.74, 6) is -1.13. The highest BCUT2D eigenvalue weighted by molar-refractivity contribution is 7.91. The highest BCUT2D eigenvalue weighted by atomic mass is 35.5. The lowest BCUT2D eigenvalue weighted by Gasteiger charge is -2.03. The molecule has 20 heavy (non-hydrogen) atoms. The van der Waals surface area contributed by atoms with Crippen LogP contribution in [-0.4, -0.2) is 26.0 Å². The van der Waals surface area contributed by atoms with Gasteiger partial charge >= 0.3 is 5.97 Å². The molecule has 0 unspecified atom stereocenters. The van der Waals surface area contributed by atoms with E-state index in [-0.39, 0.29) is 15.6 Å². The molecule has 2 heterocycles. The van der Waals surface area contributed by atoms with Gasteiger partial charge in [-0.3, -0.25) is 0 Å². The first-order valence-electron chi connectivity index (χ1n) is 5.45. The lowest BCUT2D eigenvalue weighted by molar-refractivity contribution is 0.0702. The molecule has 2 N–H and O–H groups in total. The second-order valence-electron chi connectivity index (χ2n) is 3.78. The number of nitrogens with one attached hydrogen (secondary N) is 1.